The molecule has 0 aliphatic heterocycles. The van der Waals surface area contributed by atoms with E-state index in [2.05, 4.69) is 27.9 Å². The Bertz CT molecular complexity index is 381. The van der Waals surface area contributed by atoms with Crippen LogP contribution in [0.15, 0.2) is 10.3 Å². The van der Waals surface area contributed by atoms with Crippen molar-refractivity contribution in [1.29, 1.82) is 0 Å². The van der Waals surface area contributed by atoms with E-state index in [1.165, 1.54) is 12.8 Å². The van der Waals surface area contributed by atoms with Crippen molar-refractivity contribution in [3.63, 3.8) is 0 Å². The first-order chi connectivity index (χ1) is 11.1. The normalized spacial score (nSPS) is 15.6. The van der Waals surface area contributed by atoms with E-state index in [0.29, 0.717) is 17.3 Å². The Hall–Kier alpha value is -1.14. The van der Waals surface area contributed by atoms with Gasteiger partial charge in [-0.3, -0.25) is 0 Å². The van der Waals surface area contributed by atoms with Crippen molar-refractivity contribution in [2.45, 2.75) is 85.2 Å². The van der Waals surface area contributed by atoms with E-state index in [-0.39, 0.29) is 11.1 Å². The van der Waals surface area contributed by atoms with Crippen LogP contribution in [0.2, 0.25) is 0 Å². The molecule has 0 saturated heterocycles. The highest BCUT2D eigenvalue weighted by molar-refractivity contribution is 5.90. The Morgan fingerprint density at radius 2 is 1.21 bits per heavy atom. The van der Waals surface area contributed by atoms with Crippen LogP contribution in [0.25, 0.3) is 0 Å². The van der Waals surface area contributed by atoms with Crippen molar-refractivity contribution < 1.29 is 10.4 Å². The number of nitrogens with one attached hydrogen (secondary N) is 2. The minimum absolute atomic E-state index is 0.291. The average Bonchev–Trinajstić information content (AvgIpc) is 2.52. The molecule has 0 rings (SSSR count). The lowest BCUT2D eigenvalue weighted by Crippen LogP contribution is -2.47. The monoisotopic (exact) mass is 342 g/mol. The second kappa shape index (κ2) is 10.7. The van der Waals surface area contributed by atoms with Crippen LogP contribution in [0, 0.1) is 5.92 Å². The Morgan fingerprint density at radius 1 is 0.833 bits per heavy atom. The SMILES string of the molecule is CCCC(CCNC(C)(C)C(C)=NO)CCNC(C)(C)C(C)=NO. The first-order valence-corrected chi connectivity index (χ1v) is 8.99. The predicted molar refractivity (Wildman–Crippen MR) is 102 cm³/mol. The lowest BCUT2D eigenvalue weighted by Gasteiger charge is -2.28. The van der Waals surface area contributed by atoms with Gasteiger partial charge in [-0.2, -0.15) is 0 Å². The molecule has 4 N–H and O–H groups in total. The Labute approximate surface area is 147 Å². The molecule has 0 aromatic heterocycles. The van der Waals surface area contributed by atoms with Gasteiger partial charge < -0.3 is 21.0 Å². The second-order valence-electron chi connectivity index (χ2n) is 7.71. The third-order valence-corrected chi connectivity index (χ3v) is 5.04. The Morgan fingerprint density at radius 3 is 1.50 bits per heavy atom. The minimum atomic E-state index is -0.291. The van der Waals surface area contributed by atoms with Crippen LogP contribution in [-0.2, 0) is 0 Å². The first-order valence-electron chi connectivity index (χ1n) is 8.99. The third-order valence-electron chi connectivity index (χ3n) is 5.04. The standard InChI is InChI=1S/C18H38N4O2/c1-8-9-16(10-12-19-17(4,5)14(2)21-23)11-13-20-18(6,7)15(3)22-24/h16,19-20,23-24H,8-13H2,1-7H3. The topological polar surface area (TPSA) is 89.2 Å². The van der Waals surface area contributed by atoms with Gasteiger partial charge in [0.05, 0.1) is 22.5 Å². The van der Waals surface area contributed by atoms with E-state index in [4.69, 9.17) is 10.4 Å². The Balaban J connectivity index is 4.37. The van der Waals surface area contributed by atoms with Crippen LogP contribution in [0.3, 0.4) is 0 Å². The molecule has 0 atom stereocenters. The molecule has 0 spiro atoms. The van der Waals surface area contributed by atoms with Gasteiger partial charge in [-0.05, 0) is 73.4 Å². The first kappa shape index (κ1) is 22.9. The summed E-state index contributed by atoms with van der Waals surface area (Å²) in [6.07, 6.45) is 4.55. The fraction of sp³-hybridized carbons (Fsp3) is 0.889. The summed E-state index contributed by atoms with van der Waals surface area (Å²) in [6, 6.07) is 0. The molecule has 142 valence electrons. The largest absolute Gasteiger partial charge is 0.411 e. The van der Waals surface area contributed by atoms with Gasteiger partial charge >= 0.3 is 0 Å². The van der Waals surface area contributed by atoms with Crippen molar-refractivity contribution in [2.24, 2.45) is 16.2 Å². The van der Waals surface area contributed by atoms with Gasteiger partial charge in [-0.25, -0.2) is 0 Å². The smallest absolute Gasteiger partial charge is 0.0734 e. The third kappa shape index (κ3) is 8.11. The second-order valence-corrected chi connectivity index (χ2v) is 7.71. The van der Waals surface area contributed by atoms with E-state index in [9.17, 15) is 0 Å². The highest BCUT2D eigenvalue weighted by atomic mass is 16.4. The fourth-order valence-electron chi connectivity index (χ4n) is 2.52. The fourth-order valence-corrected chi connectivity index (χ4v) is 2.52. The molecule has 0 bridgehead atoms. The van der Waals surface area contributed by atoms with Crippen LogP contribution in [0.5, 0.6) is 0 Å². The summed E-state index contributed by atoms with van der Waals surface area (Å²) in [6.45, 7) is 15.8. The van der Waals surface area contributed by atoms with Crippen LogP contribution in [-0.4, -0.2) is 46.0 Å². The van der Waals surface area contributed by atoms with Crippen LogP contribution in [0.4, 0.5) is 0 Å². The van der Waals surface area contributed by atoms with Gasteiger partial charge in [0.15, 0.2) is 0 Å². The molecule has 6 heteroatoms. The number of hydrogen-bond acceptors (Lipinski definition) is 6. The molecule has 0 radical (unpaired) electrons. The van der Waals surface area contributed by atoms with Crippen molar-refractivity contribution in [1.82, 2.24) is 10.6 Å². The van der Waals surface area contributed by atoms with Crippen molar-refractivity contribution in [3.8, 4) is 0 Å². The van der Waals surface area contributed by atoms with E-state index in [0.717, 1.165) is 25.9 Å². The molecule has 0 fully saturated rings. The molecule has 0 heterocycles. The molecular weight excluding hydrogens is 304 g/mol. The number of rotatable bonds is 12. The maximum absolute atomic E-state index is 8.93. The van der Waals surface area contributed by atoms with Gasteiger partial charge in [0, 0.05) is 0 Å². The molecule has 0 unspecified atom stereocenters. The molecule has 0 saturated carbocycles. The summed E-state index contributed by atoms with van der Waals surface area (Å²) in [5.74, 6) is 0.638. The minimum Gasteiger partial charge on any atom is -0.411 e. The van der Waals surface area contributed by atoms with Gasteiger partial charge in [-0.1, -0.05) is 30.1 Å². The molecule has 0 amide bonds. The van der Waals surface area contributed by atoms with Crippen molar-refractivity contribution in [2.75, 3.05) is 13.1 Å². The average molecular weight is 343 g/mol. The maximum Gasteiger partial charge on any atom is 0.0734 e. The van der Waals surface area contributed by atoms with E-state index in [1.54, 1.807) is 0 Å². The zero-order valence-electron chi connectivity index (χ0n) is 16.6. The number of hydrogen-bond donors (Lipinski definition) is 4. The van der Waals surface area contributed by atoms with Crippen LogP contribution < -0.4 is 10.6 Å². The van der Waals surface area contributed by atoms with Crippen LogP contribution in [0.1, 0.15) is 74.1 Å². The molecule has 6 nitrogen and oxygen atoms in total. The number of oxime groups is 2. The van der Waals surface area contributed by atoms with Gasteiger partial charge in [0.25, 0.3) is 0 Å². The summed E-state index contributed by atoms with van der Waals surface area (Å²) < 4.78 is 0. The molecule has 24 heavy (non-hydrogen) atoms. The summed E-state index contributed by atoms with van der Waals surface area (Å²) in [4.78, 5) is 0. The summed E-state index contributed by atoms with van der Waals surface area (Å²) >= 11 is 0. The summed E-state index contributed by atoms with van der Waals surface area (Å²) in [5.41, 5.74) is 0.800. The van der Waals surface area contributed by atoms with Gasteiger partial charge in [0.2, 0.25) is 0 Å². The number of nitrogens with zero attached hydrogens (tertiary/aromatic N) is 2. The zero-order valence-corrected chi connectivity index (χ0v) is 16.6. The van der Waals surface area contributed by atoms with Crippen molar-refractivity contribution >= 4 is 11.4 Å². The lowest BCUT2D eigenvalue weighted by molar-refractivity contribution is 0.306. The molecule has 0 aliphatic rings. The molecule has 0 aromatic rings. The van der Waals surface area contributed by atoms with E-state index < -0.39 is 0 Å². The lowest BCUT2D eigenvalue weighted by atomic mass is 9.93. The maximum atomic E-state index is 8.93. The van der Waals surface area contributed by atoms with Gasteiger partial charge in [-0.15, -0.1) is 0 Å². The van der Waals surface area contributed by atoms with Gasteiger partial charge in [0.1, 0.15) is 0 Å². The highest BCUT2D eigenvalue weighted by Crippen LogP contribution is 2.17. The van der Waals surface area contributed by atoms with E-state index >= 15 is 0 Å². The van der Waals surface area contributed by atoms with Crippen LogP contribution >= 0.6 is 0 Å². The molecular formula is C18H38N4O2. The summed E-state index contributed by atoms with van der Waals surface area (Å²) in [5, 5.41) is 31.4. The quantitative estimate of drug-likeness (QED) is 0.248. The predicted octanol–water partition coefficient (Wildman–Crippen LogP) is 3.62. The zero-order chi connectivity index (χ0) is 18.8. The molecule has 0 aliphatic carbocycles. The molecule has 0 aromatic carbocycles. The summed E-state index contributed by atoms with van der Waals surface area (Å²) in [7, 11) is 0. The van der Waals surface area contributed by atoms with Crippen molar-refractivity contribution in [3.05, 3.63) is 0 Å². The highest BCUT2D eigenvalue weighted by Gasteiger charge is 2.23. The van der Waals surface area contributed by atoms with E-state index in [1.807, 2.05) is 41.5 Å². The Kier molecular flexibility index (Phi) is 10.2.